The second kappa shape index (κ2) is 13.3. The van der Waals surface area contributed by atoms with Crippen molar-refractivity contribution < 1.29 is 21.5 Å². The van der Waals surface area contributed by atoms with E-state index in [0.717, 1.165) is 28.1 Å². The van der Waals surface area contributed by atoms with Crippen molar-refractivity contribution in [1.82, 2.24) is 9.97 Å². The van der Waals surface area contributed by atoms with Gasteiger partial charge in [-0.05, 0) is 68.4 Å². The van der Waals surface area contributed by atoms with Crippen molar-refractivity contribution in [2.45, 2.75) is 46.3 Å². The van der Waals surface area contributed by atoms with Gasteiger partial charge in [0.05, 0.1) is 8.07 Å². The molecule has 0 aliphatic rings. The van der Waals surface area contributed by atoms with Crippen LogP contribution in [0.15, 0.2) is 103 Å². The quantitative estimate of drug-likeness (QED) is 0.131. The molecule has 0 aliphatic carbocycles. The number of benzene rings is 4. The van der Waals surface area contributed by atoms with Crippen LogP contribution < -0.4 is 5.19 Å². The fraction of sp³-hybridized carbons (Fsp3) is 0.179. The second-order valence-electron chi connectivity index (χ2n) is 12.2. The van der Waals surface area contributed by atoms with Crippen LogP contribution in [-0.4, -0.2) is 18.0 Å². The van der Waals surface area contributed by atoms with Gasteiger partial charge in [0.2, 0.25) is 0 Å². The minimum absolute atomic E-state index is 0. The molecule has 0 bridgehead atoms. The van der Waals surface area contributed by atoms with Crippen LogP contribution in [0.1, 0.15) is 32.2 Å². The van der Waals surface area contributed by atoms with Crippen LogP contribution in [0.5, 0.6) is 0 Å². The van der Waals surface area contributed by atoms with E-state index in [1.165, 1.54) is 41.7 Å². The van der Waals surface area contributed by atoms with Crippen LogP contribution in [0, 0.1) is 19.1 Å². The molecule has 7 rings (SSSR count). The van der Waals surface area contributed by atoms with Crippen LogP contribution in [0.3, 0.4) is 0 Å². The third kappa shape index (κ3) is 6.62. The number of pyridine rings is 2. The molecule has 0 N–H and O–H groups in total. The number of aryl methyl sites for hydroxylation is 1. The van der Waals surface area contributed by atoms with Gasteiger partial charge >= 0.3 is 0 Å². The zero-order chi connectivity index (χ0) is 31.1. The summed E-state index contributed by atoms with van der Waals surface area (Å²) in [6.45, 7) is 13.0. The molecule has 223 valence electrons. The van der Waals surface area contributed by atoms with Crippen LogP contribution in [0.4, 0.5) is 0 Å². The van der Waals surface area contributed by atoms with E-state index >= 15 is 0 Å². The van der Waals surface area contributed by atoms with Gasteiger partial charge in [-0.25, -0.2) is 0 Å². The number of thiophene rings is 1. The molecule has 0 fully saturated rings. The molecule has 0 saturated carbocycles. The summed E-state index contributed by atoms with van der Waals surface area (Å²) in [5.74, 6) is -0.649. The van der Waals surface area contributed by atoms with Crippen LogP contribution >= 0.6 is 11.3 Å². The van der Waals surface area contributed by atoms with Crippen LogP contribution in [0.2, 0.25) is 19.6 Å². The van der Waals surface area contributed by atoms with Crippen molar-refractivity contribution in [3.05, 3.63) is 127 Å². The molecule has 0 unspecified atom stereocenters. The first-order valence-electron chi connectivity index (χ1n) is 15.2. The number of nitrogens with zero attached hydrogens (tertiary/aromatic N) is 2. The first kappa shape index (κ1) is 30.5. The Morgan fingerprint density at radius 2 is 1.55 bits per heavy atom. The van der Waals surface area contributed by atoms with E-state index in [0.29, 0.717) is 0 Å². The number of hydrogen-bond donors (Lipinski definition) is 0. The molecule has 0 saturated heterocycles. The fourth-order valence-electron chi connectivity index (χ4n) is 5.54. The first-order valence-corrected chi connectivity index (χ1v) is 19.0. The van der Waals surface area contributed by atoms with E-state index in [1.807, 2.05) is 50.2 Å². The van der Waals surface area contributed by atoms with Gasteiger partial charge in [0.1, 0.15) is 0 Å². The van der Waals surface area contributed by atoms with E-state index in [1.54, 1.807) is 17.5 Å². The number of rotatable bonds is 4. The summed E-state index contributed by atoms with van der Waals surface area (Å²) >= 11 is 1.79. The van der Waals surface area contributed by atoms with Crippen molar-refractivity contribution in [1.29, 1.82) is 0 Å². The van der Waals surface area contributed by atoms with Gasteiger partial charge < -0.3 is 9.97 Å². The molecule has 44 heavy (non-hydrogen) atoms. The molecule has 0 aliphatic heterocycles. The van der Waals surface area contributed by atoms with Gasteiger partial charge in [-0.2, -0.15) is 11.3 Å². The Kier molecular flexibility index (Phi) is 9.20. The Hall–Kier alpha value is -3.47. The average Bonchev–Trinajstić information content (AvgIpc) is 3.37. The van der Waals surface area contributed by atoms with Gasteiger partial charge in [0, 0.05) is 38.6 Å². The SMILES string of the molecule is Cc1cc(-c2[c-]cccc2)ncc1[Si](C)(C)C.[2H]C(C)(C)c1ccnc(-c2[c-]ccc3c2sc2cc4ccccc4cc23)c1.[Ir]. The summed E-state index contributed by atoms with van der Waals surface area (Å²) in [5.41, 5.74) is 6.30. The number of fused-ring (bicyclic) bond motifs is 4. The third-order valence-electron chi connectivity index (χ3n) is 7.80. The normalized spacial score (nSPS) is 12.0. The summed E-state index contributed by atoms with van der Waals surface area (Å²) in [6.07, 6.45) is 3.85. The van der Waals surface area contributed by atoms with Gasteiger partial charge in [0.25, 0.3) is 0 Å². The van der Waals surface area contributed by atoms with E-state index in [-0.39, 0.29) is 20.1 Å². The molecule has 3 aromatic heterocycles. The molecule has 0 atom stereocenters. The summed E-state index contributed by atoms with van der Waals surface area (Å²) in [4.78, 5) is 9.17. The van der Waals surface area contributed by atoms with E-state index in [4.69, 9.17) is 1.37 Å². The molecule has 5 heteroatoms. The van der Waals surface area contributed by atoms with Gasteiger partial charge in [-0.1, -0.05) is 86.4 Å². The van der Waals surface area contributed by atoms with Crippen molar-refractivity contribution >= 4 is 55.5 Å². The van der Waals surface area contributed by atoms with Gasteiger partial charge in [-0.15, -0.1) is 59.7 Å². The maximum Gasteiger partial charge on any atom is 0.0798 e. The minimum Gasteiger partial charge on any atom is -0.305 e. The maximum atomic E-state index is 8.33. The molecule has 0 spiro atoms. The van der Waals surface area contributed by atoms with Crippen molar-refractivity contribution in [2.75, 3.05) is 0 Å². The summed E-state index contributed by atoms with van der Waals surface area (Å²) < 4.78 is 10.8. The Morgan fingerprint density at radius 3 is 2.23 bits per heavy atom. The van der Waals surface area contributed by atoms with Gasteiger partial charge in [-0.3, -0.25) is 0 Å². The van der Waals surface area contributed by atoms with Gasteiger partial charge in [0.15, 0.2) is 0 Å². The third-order valence-corrected chi connectivity index (χ3v) is 11.1. The average molecular weight is 786 g/mol. The zero-order valence-electron chi connectivity index (χ0n) is 27.0. The molecule has 4 aromatic carbocycles. The monoisotopic (exact) mass is 786 g/mol. The molecule has 7 aromatic rings. The Labute approximate surface area is 281 Å². The van der Waals surface area contributed by atoms with E-state index < -0.39 is 14.0 Å². The van der Waals surface area contributed by atoms with E-state index in [2.05, 4.69) is 109 Å². The van der Waals surface area contributed by atoms with E-state index in [9.17, 15) is 0 Å². The van der Waals surface area contributed by atoms with Crippen molar-refractivity contribution in [3.8, 4) is 22.5 Å². The molecule has 0 amide bonds. The Bertz CT molecular complexity index is 2110. The summed E-state index contributed by atoms with van der Waals surface area (Å²) in [7, 11) is -1.27. The largest absolute Gasteiger partial charge is 0.305 e. The standard InChI is InChI=1S/C24H18NS.C15H18NSi.Ir/c1-15(2)16-10-11-25-22(13-16)20-9-5-8-19-21-12-17-6-3-4-7-18(17)14-23(21)26-24(19)20;1-12-10-14(13-8-6-5-7-9-13)16-11-15(12)17(2,3)4;/h3-8,10-15H,1-2H3;5-8,10-11H,1-4H3;/q2*-1;/i15D;;. The van der Waals surface area contributed by atoms with Crippen LogP contribution in [0.25, 0.3) is 53.5 Å². The molecule has 2 nitrogen and oxygen atoms in total. The fourth-order valence-corrected chi connectivity index (χ4v) is 8.48. The predicted octanol–water partition coefficient (Wildman–Crippen LogP) is 10.6. The molecular weight excluding hydrogens is 749 g/mol. The summed E-state index contributed by atoms with van der Waals surface area (Å²) in [6, 6.07) is 37.9. The van der Waals surface area contributed by atoms with Crippen LogP contribution in [-0.2, 0) is 20.1 Å². The molecular formula is C39H36IrN2SSi-2. The van der Waals surface area contributed by atoms with Crippen molar-refractivity contribution in [2.24, 2.45) is 0 Å². The topological polar surface area (TPSA) is 25.8 Å². The molecule has 3 heterocycles. The second-order valence-corrected chi connectivity index (χ2v) is 18.3. The summed E-state index contributed by atoms with van der Waals surface area (Å²) in [5, 5.41) is 6.48. The molecule has 1 radical (unpaired) electrons. The number of aromatic nitrogens is 2. The number of hydrogen-bond acceptors (Lipinski definition) is 3. The zero-order valence-corrected chi connectivity index (χ0v) is 30.2. The minimum atomic E-state index is -1.27. The Morgan fingerprint density at radius 1 is 0.795 bits per heavy atom. The maximum absolute atomic E-state index is 8.33. The van der Waals surface area contributed by atoms with Crippen molar-refractivity contribution in [3.63, 3.8) is 0 Å². The smallest absolute Gasteiger partial charge is 0.0798 e. The first-order chi connectivity index (χ1) is 21.0. The predicted molar refractivity (Wildman–Crippen MR) is 189 cm³/mol. The Balaban J connectivity index is 0.000000193.